The third kappa shape index (κ3) is 6.59. The number of anilines is 2. The highest BCUT2D eigenvalue weighted by atomic mass is 32.2. The maximum Gasteiger partial charge on any atom is 0.264 e. The Hall–Kier alpha value is -4.05. The van der Waals surface area contributed by atoms with E-state index < -0.39 is 22.5 Å². The Morgan fingerprint density at radius 3 is 2.24 bits per heavy atom. The molecule has 0 bridgehead atoms. The number of nitrogens with zero attached hydrogens (tertiary/aromatic N) is 1. The summed E-state index contributed by atoms with van der Waals surface area (Å²) < 4.78 is 39.0. The van der Waals surface area contributed by atoms with Crippen LogP contribution in [-0.2, 0) is 14.8 Å². The molecule has 3 aromatic rings. The number of benzene rings is 3. The molecule has 0 saturated heterocycles. The van der Waals surface area contributed by atoms with E-state index in [9.17, 15) is 18.0 Å². The van der Waals surface area contributed by atoms with Crippen molar-refractivity contribution < 1.29 is 27.5 Å². The highest BCUT2D eigenvalue weighted by molar-refractivity contribution is 7.92. The fourth-order valence-electron chi connectivity index (χ4n) is 3.58. The molecule has 0 aliphatic rings. The van der Waals surface area contributed by atoms with Gasteiger partial charge in [0.2, 0.25) is 5.91 Å². The molecule has 3 aromatic carbocycles. The van der Waals surface area contributed by atoms with Crippen LogP contribution in [0.4, 0.5) is 11.4 Å². The minimum atomic E-state index is -4.14. The number of ether oxygens (including phenoxy) is 2. The Balaban J connectivity index is 1.98. The lowest BCUT2D eigenvalue weighted by atomic mass is 10.1. The molecule has 2 amide bonds. The smallest absolute Gasteiger partial charge is 0.264 e. The lowest BCUT2D eigenvalue weighted by Crippen LogP contribution is -2.38. The molecule has 0 spiro atoms. The van der Waals surface area contributed by atoms with Crippen LogP contribution >= 0.6 is 0 Å². The van der Waals surface area contributed by atoms with E-state index in [1.807, 2.05) is 13.8 Å². The van der Waals surface area contributed by atoms with Crippen LogP contribution in [0.5, 0.6) is 11.5 Å². The average molecular weight is 526 g/mol. The van der Waals surface area contributed by atoms with Gasteiger partial charge in [0, 0.05) is 12.6 Å². The van der Waals surface area contributed by atoms with E-state index in [0.29, 0.717) is 18.0 Å². The predicted molar refractivity (Wildman–Crippen MR) is 143 cm³/mol. The molecule has 0 atom stereocenters. The molecule has 196 valence electrons. The fraction of sp³-hybridized carbons (Fsp3) is 0.259. The highest BCUT2D eigenvalue weighted by Gasteiger charge is 2.28. The van der Waals surface area contributed by atoms with E-state index in [0.717, 1.165) is 16.3 Å². The number of sulfonamides is 1. The molecule has 37 heavy (non-hydrogen) atoms. The van der Waals surface area contributed by atoms with Gasteiger partial charge in [0.25, 0.3) is 15.9 Å². The summed E-state index contributed by atoms with van der Waals surface area (Å²) in [5.41, 5.74) is 1.67. The SMILES string of the molecule is CCCNC(=O)c1ccccc1NC(=O)CN(c1ccc(OC)c(OC)c1)S(=O)(=O)c1ccc(C)cc1. The van der Waals surface area contributed by atoms with Crippen LogP contribution in [0.3, 0.4) is 0 Å². The van der Waals surface area contributed by atoms with E-state index in [2.05, 4.69) is 10.6 Å². The average Bonchev–Trinajstić information content (AvgIpc) is 2.90. The van der Waals surface area contributed by atoms with E-state index >= 15 is 0 Å². The molecule has 0 saturated carbocycles. The number of amides is 2. The monoisotopic (exact) mass is 525 g/mol. The quantitative estimate of drug-likeness (QED) is 0.391. The lowest BCUT2D eigenvalue weighted by molar-refractivity contribution is -0.114. The van der Waals surface area contributed by atoms with Gasteiger partial charge in [0.1, 0.15) is 6.54 Å². The third-order valence-corrected chi connectivity index (χ3v) is 7.32. The van der Waals surface area contributed by atoms with Crippen molar-refractivity contribution >= 4 is 33.2 Å². The van der Waals surface area contributed by atoms with Crippen LogP contribution in [0.2, 0.25) is 0 Å². The minimum absolute atomic E-state index is 0.0278. The minimum Gasteiger partial charge on any atom is -0.493 e. The number of hydrogen-bond acceptors (Lipinski definition) is 6. The number of carbonyl (C=O) groups excluding carboxylic acids is 2. The molecule has 3 rings (SSSR count). The van der Waals surface area contributed by atoms with Gasteiger partial charge < -0.3 is 20.1 Å². The van der Waals surface area contributed by atoms with E-state index in [-0.39, 0.29) is 27.7 Å². The summed E-state index contributed by atoms with van der Waals surface area (Å²) in [5.74, 6) is -0.235. The summed E-state index contributed by atoms with van der Waals surface area (Å²) in [5, 5.41) is 5.47. The van der Waals surface area contributed by atoms with Crippen LogP contribution < -0.4 is 24.4 Å². The van der Waals surface area contributed by atoms with Crippen molar-refractivity contribution in [3.05, 3.63) is 77.9 Å². The number of rotatable bonds is 11. The topological polar surface area (TPSA) is 114 Å². The van der Waals surface area contributed by atoms with Gasteiger partial charge in [-0.25, -0.2) is 8.42 Å². The Bertz CT molecular complexity index is 1360. The summed E-state index contributed by atoms with van der Waals surface area (Å²) in [4.78, 5) is 25.8. The molecule has 0 aliphatic carbocycles. The number of aryl methyl sites for hydroxylation is 1. The molecule has 0 unspecified atom stereocenters. The first-order valence-electron chi connectivity index (χ1n) is 11.7. The van der Waals surface area contributed by atoms with Gasteiger partial charge in [0.15, 0.2) is 11.5 Å². The molecule has 0 aliphatic heterocycles. The maximum atomic E-state index is 13.7. The first-order valence-corrected chi connectivity index (χ1v) is 13.1. The van der Waals surface area contributed by atoms with Crippen molar-refractivity contribution in [2.45, 2.75) is 25.2 Å². The first kappa shape index (κ1) is 27.5. The molecule has 10 heteroatoms. The summed E-state index contributed by atoms with van der Waals surface area (Å²) in [6.07, 6.45) is 0.761. The van der Waals surface area contributed by atoms with Crippen LogP contribution in [0.25, 0.3) is 0 Å². The van der Waals surface area contributed by atoms with Crippen LogP contribution in [0.15, 0.2) is 71.6 Å². The first-order chi connectivity index (χ1) is 17.7. The summed E-state index contributed by atoms with van der Waals surface area (Å²) in [6, 6.07) is 17.5. The number of hydrogen-bond donors (Lipinski definition) is 2. The maximum absolute atomic E-state index is 13.7. The van der Waals surface area contributed by atoms with E-state index in [1.54, 1.807) is 42.5 Å². The second-order valence-corrected chi connectivity index (χ2v) is 10.1. The van der Waals surface area contributed by atoms with Gasteiger partial charge in [-0.1, -0.05) is 36.8 Å². The molecule has 0 aromatic heterocycles. The largest absolute Gasteiger partial charge is 0.493 e. The molecule has 9 nitrogen and oxygen atoms in total. The molecular weight excluding hydrogens is 494 g/mol. The molecule has 0 fully saturated rings. The number of para-hydroxylation sites is 1. The van der Waals surface area contributed by atoms with Gasteiger partial charge >= 0.3 is 0 Å². The number of methoxy groups -OCH3 is 2. The Labute approximate surface area is 217 Å². The number of nitrogens with one attached hydrogen (secondary N) is 2. The van der Waals surface area contributed by atoms with E-state index in [4.69, 9.17) is 9.47 Å². The Morgan fingerprint density at radius 2 is 1.59 bits per heavy atom. The zero-order valence-electron chi connectivity index (χ0n) is 21.3. The van der Waals surface area contributed by atoms with Crippen molar-refractivity contribution in [3.8, 4) is 11.5 Å². The summed E-state index contributed by atoms with van der Waals surface area (Å²) >= 11 is 0. The van der Waals surface area contributed by atoms with Crippen molar-refractivity contribution in [2.75, 3.05) is 36.9 Å². The van der Waals surface area contributed by atoms with Crippen molar-refractivity contribution in [1.82, 2.24) is 5.32 Å². The zero-order valence-corrected chi connectivity index (χ0v) is 22.1. The standard InChI is InChI=1S/C27H31N3O6S/c1-5-16-28-27(32)22-8-6-7-9-23(22)29-26(31)18-30(20-12-15-24(35-3)25(17-20)36-4)37(33,34)21-13-10-19(2)11-14-21/h6-15,17H,5,16,18H2,1-4H3,(H,28,32)(H,29,31). The zero-order chi connectivity index (χ0) is 27.0. The van der Waals surface area contributed by atoms with Crippen molar-refractivity contribution in [3.63, 3.8) is 0 Å². The van der Waals surface area contributed by atoms with Crippen molar-refractivity contribution in [1.29, 1.82) is 0 Å². The van der Waals surface area contributed by atoms with Crippen LogP contribution in [0.1, 0.15) is 29.3 Å². The lowest BCUT2D eigenvalue weighted by Gasteiger charge is -2.25. The Kier molecular flexibility index (Phi) is 9.13. The van der Waals surface area contributed by atoms with Gasteiger partial charge in [0.05, 0.1) is 36.1 Å². The Morgan fingerprint density at radius 1 is 0.919 bits per heavy atom. The summed E-state index contributed by atoms with van der Waals surface area (Å²) in [6.45, 7) is 3.73. The van der Waals surface area contributed by atoms with Gasteiger partial charge in [-0.2, -0.15) is 0 Å². The van der Waals surface area contributed by atoms with Gasteiger partial charge in [-0.3, -0.25) is 13.9 Å². The van der Waals surface area contributed by atoms with Crippen molar-refractivity contribution in [2.24, 2.45) is 0 Å². The van der Waals surface area contributed by atoms with E-state index in [1.165, 1.54) is 38.5 Å². The second kappa shape index (κ2) is 12.3. The van der Waals surface area contributed by atoms with Gasteiger partial charge in [-0.05, 0) is 49.7 Å². The second-order valence-electron chi connectivity index (χ2n) is 8.21. The molecule has 0 heterocycles. The highest BCUT2D eigenvalue weighted by Crippen LogP contribution is 2.34. The molecule has 0 radical (unpaired) electrons. The van der Waals surface area contributed by atoms with Gasteiger partial charge in [-0.15, -0.1) is 0 Å². The summed E-state index contributed by atoms with van der Waals surface area (Å²) in [7, 11) is -1.23. The number of carbonyl (C=O) groups is 2. The van der Waals surface area contributed by atoms with Crippen LogP contribution in [-0.4, -0.2) is 47.5 Å². The van der Waals surface area contributed by atoms with Crippen LogP contribution in [0, 0.1) is 6.92 Å². The molecular formula is C27H31N3O6S. The third-order valence-electron chi connectivity index (χ3n) is 5.53. The predicted octanol–water partition coefficient (Wildman–Crippen LogP) is 3.99. The fourth-order valence-corrected chi connectivity index (χ4v) is 4.99. The normalized spacial score (nSPS) is 10.9. The molecule has 2 N–H and O–H groups in total.